The maximum Gasteiger partial charge on any atom is 0.238 e. The van der Waals surface area contributed by atoms with Crippen molar-refractivity contribution in [2.24, 2.45) is 0 Å². The number of aromatic nitrogens is 1. The first-order valence-corrected chi connectivity index (χ1v) is 12.6. The molecule has 1 N–H and O–H groups in total. The lowest BCUT2D eigenvalue weighted by atomic mass is 9.98. The summed E-state index contributed by atoms with van der Waals surface area (Å²) in [5, 5.41) is 3.10. The van der Waals surface area contributed by atoms with Crippen molar-refractivity contribution in [1.29, 1.82) is 0 Å². The first kappa shape index (κ1) is 21.5. The number of thioether (sulfide) groups is 1. The molecule has 2 fully saturated rings. The number of likely N-dealkylation sites (tertiary alicyclic amines) is 1. The maximum absolute atomic E-state index is 12.8. The van der Waals surface area contributed by atoms with Gasteiger partial charge in [-0.05, 0) is 49.2 Å². The van der Waals surface area contributed by atoms with Crippen molar-refractivity contribution in [1.82, 2.24) is 14.8 Å². The van der Waals surface area contributed by atoms with Gasteiger partial charge >= 0.3 is 0 Å². The van der Waals surface area contributed by atoms with Crippen LogP contribution in [-0.2, 0) is 11.3 Å². The molecule has 0 aliphatic carbocycles. The van der Waals surface area contributed by atoms with E-state index < -0.39 is 0 Å². The number of anilines is 1. The van der Waals surface area contributed by atoms with Crippen LogP contribution in [0.25, 0.3) is 11.1 Å². The fourth-order valence-electron chi connectivity index (χ4n) is 4.63. The summed E-state index contributed by atoms with van der Waals surface area (Å²) in [6, 6.07) is 16.2. The highest BCUT2D eigenvalue weighted by atomic mass is 32.2. The summed E-state index contributed by atoms with van der Waals surface area (Å²) in [6.07, 6.45) is 2.09. The smallest absolute Gasteiger partial charge is 0.238 e. The lowest BCUT2D eigenvalue weighted by Crippen LogP contribution is -2.39. The van der Waals surface area contributed by atoms with Gasteiger partial charge in [0.25, 0.3) is 0 Å². The molecule has 2 aliphatic rings. The number of hydrogen-bond acceptors (Lipinski definition) is 6. The van der Waals surface area contributed by atoms with E-state index in [-0.39, 0.29) is 11.8 Å². The van der Waals surface area contributed by atoms with E-state index in [9.17, 15) is 4.79 Å². The van der Waals surface area contributed by atoms with Gasteiger partial charge in [0.1, 0.15) is 5.52 Å². The Kier molecular flexibility index (Phi) is 6.76. The number of carbonyl (C=O) groups excluding carboxylic acids is 1. The topological polar surface area (TPSA) is 61.6 Å². The van der Waals surface area contributed by atoms with Crippen LogP contribution < -0.4 is 5.32 Å². The minimum atomic E-state index is 0.0368. The van der Waals surface area contributed by atoms with E-state index in [1.165, 1.54) is 17.1 Å². The zero-order valence-corrected chi connectivity index (χ0v) is 19.2. The van der Waals surface area contributed by atoms with Crippen molar-refractivity contribution in [3.63, 3.8) is 0 Å². The summed E-state index contributed by atoms with van der Waals surface area (Å²) < 4.78 is 5.99. The minimum Gasteiger partial charge on any atom is -0.440 e. The molecule has 0 radical (unpaired) electrons. The van der Waals surface area contributed by atoms with Gasteiger partial charge in [-0.15, -0.1) is 0 Å². The minimum absolute atomic E-state index is 0.0368. The summed E-state index contributed by atoms with van der Waals surface area (Å²) in [4.78, 5) is 22.1. The van der Waals surface area contributed by atoms with E-state index in [1.54, 1.807) is 0 Å². The number of hydrogen-bond donors (Lipinski definition) is 1. The second kappa shape index (κ2) is 10.1. The number of carbonyl (C=O) groups is 1. The van der Waals surface area contributed by atoms with Crippen LogP contribution in [0.2, 0.25) is 0 Å². The third-order valence-electron chi connectivity index (χ3n) is 6.25. The zero-order chi connectivity index (χ0) is 21.8. The molecule has 7 heteroatoms. The van der Waals surface area contributed by atoms with Gasteiger partial charge in [0.05, 0.1) is 6.54 Å². The van der Waals surface area contributed by atoms with Gasteiger partial charge in [0, 0.05) is 49.3 Å². The normalized spacial score (nSPS) is 20.4. The molecule has 2 aromatic carbocycles. The predicted molar refractivity (Wildman–Crippen MR) is 130 cm³/mol. The largest absolute Gasteiger partial charge is 0.440 e. The molecule has 1 aromatic heterocycles. The highest BCUT2D eigenvalue weighted by Crippen LogP contribution is 2.29. The summed E-state index contributed by atoms with van der Waals surface area (Å²) in [7, 11) is 0. The second-order valence-electron chi connectivity index (χ2n) is 8.73. The summed E-state index contributed by atoms with van der Waals surface area (Å²) in [6.45, 7) is 5.34. The first-order chi connectivity index (χ1) is 15.7. The van der Waals surface area contributed by atoms with Crippen molar-refractivity contribution in [3.05, 3.63) is 60.0 Å². The number of amides is 1. The van der Waals surface area contributed by atoms with Crippen molar-refractivity contribution in [3.8, 4) is 0 Å². The fourth-order valence-corrected chi connectivity index (χ4v) is 5.61. The molecule has 168 valence electrons. The number of rotatable bonds is 6. The van der Waals surface area contributed by atoms with E-state index in [4.69, 9.17) is 4.42 Å². The Morgan fingerprint density at radius 2 is 1.97 bits per heavy atom. The van der Waals surface area contributed by atoms with Gasteiger partial charge in [-0.1, -0.05) is 24.3 Å². The maximum atomic E-state index is 12.8. The molecule has 1 amide bonds. The highest BCUT2D eigenvalue weighted by Gasteiger charge is 2.26. The van der Waals surface area contributed by atoms with Gasteiger partial charge < -0.3 is 9.73 Å². The van der Waals surface area contributed by atoms with Crippen molar-refractivity contribution < 1.29 is 9.21 Å². The number of piperidine rings is 1. The van der Waals surface area contributed by atoms with E-state index >= 15 is 0 Å². The number of nitrogens with zero attached hydrogens (tertiary/aromatic N) is 3. The van der Waals surface area contributed by atoms with Gasteiger partial charge in [-0.2, -0.15) is 11.8 Å². The Bertz CT molecular complexity index is 1030. The molecular weight excluding hydrogens is 420 g/mol. The van der Waals surface area contributed by atoms with Gasteiger partial charge in [-0.3, -0.25) is 14.6 Å². The number of para-hydroxylation sites is 2. The Morgan fingerprint density at radius 3 is 2.84 bits per heavy atom. The highest BCUT2D eigenvalue weighted by molar-refractivity contribution is 7.99. The molecule has 32 heavy (non-hydrogen) atoms. The molecule has 3 heterocycles. The molecule has 3 aromatic rings. The van der Waals surface area contributed by atoms with E-state index in [0.717, 1.165) is 68.2 Å². The van der Waals surface area contributed by atoms with Crippen molar-refractivity contribution in [2.45, 2.75) is 25.3 Å². The second-order valence-corrected chi connectivity index (χ2v) is 9.96. The lowest BCUT2D eigenvalue weighted by molar-refractivity contribution is -0.117. The van der Waals surface area contributed by atoms with Crippen LogP contribution >= 0.6 is 11.8 Å². The molecule has 6 nitrogen and oxygen atoms in total. The van der Waals surface area contributed by atoms with Gasteiger partial charge in [0.15, 0.2) is 11.5 Å². The SMILES string of the molecule is O=C(CN1CCCC(c2nc3ccccc3o2)C1)Nc1cccc(CN2CCSCC2)c1. The lowest BCUT2D eigenvalue weighted by Gasteiger charge is -2.30. The number of fused-ring (bicyclic) bond motifs is 1. The van der Waals surface area contributed by atoms with E-state index in [2.05, 4.69) is 32.2 Å². The summed E-state index contributed by atoms with van der Waals surface area (Å²) in [5.74, 6) is 3.47. The molecule has 2 aliphatic heterocycles. The third kappa shape index (κ3) is 5.34. The van der Waals surface area contributed by atoms with Crippen LogP contribution in [0.1, 0.15) is 30.2 Å². The number of oxazole rings is 1. The van der Waals surface area contributed by atoms with Crippen molar-refractivity contribution >= 4 is 34.5 Å². The van der Waals surface area contributed by atoms with Crippen LogP contribution in [0.15, 0.2) is 52.9 Å². The first-order valence-electron chi connectivity index (χ1n) is 11.5. The summed E-state index contributed by atoms with van der Waals surface area (Å²) in [5.41, 5.74) is 3.87. The van der Waals surface area contributed by atoms with E-state index in [0.29, 0.717) is 6.54 Å². The molecule has 1 unspecified atom stereocenters. The molecular formula is C25H30N4O2S. The van der Waals surface area contributed by atoms with Gasteiger partial charge in [-0.25, -0.2) is 4.98 Å². The monoisotopic (exact) mass is 450 g/mol. The van der Waals surface area contributed by atoms with E-state index in [1.807, 2.05) is 48.2 Å². The van der Waals surface area contributed by atoms with Crippen LogP contribution in [0.4, 0.5) is 5.69 Å². The quantitative estimate of drug-likeness (QED) is 0.608. The zero-order valence-electron chi connectivity index (χ0n) is 18.3. The average molecular weight is 451 g/mol. The molecule has 0 bridgehead atoms. The summed E-state index contributed by atoms with van der Waals surface area (Å²) >= 11 is 2.02. The average Bonchev–Trinajstić information content (AvgIpc) is 3.25. The van der Waals surface area contributed by atoms with Crippen LogP contribution in [0, 0.1) is 0 Å². The number of nitrogens with one attached hydrogen (secondary N) is 1. The molecule has 0 spiro atoms. The van der Waals surface area contributed by atoms with Gasteiger partial charge in [0.2, 0.25) is 5.91 Å². The molecule has 0 saturated carbocycles. The fraction of sp³-hybridized carbons (Fsp3) is 0.440. The Morgan fingerprint density at radius 1 is 1.09 bits per heavy atom. The standard InChI is InChI=1S/C25H30N4O2S/c30-24(26-21-7-3-5-19(15-21)16-28-11-13-32-14-12-28)18-29-10-4-6-20(17-29)25-27-22-8-1-2-9-23(22)31-25/h1-3,5,7-9,15,20H,4,6,10-14,16-18H2,(H,26,30). The molecule has 5 rings (SSSR count). The molecule has 2 saturated heterocycles. The van der Waals surface area contributed by atoms with Crippen LogP contribution in [0.3, 0.4) is 0 Å². The third-order valence-corrected chi connectivity index (χ3v) is 7.20. The van der Waals surface area contributed by atoms with Crippen molar-refractivity contribution in [2.75, 3.05) is 49.5 Å². The Labute approximate surface area is 193 Å². The predicted octanol–water partition coefficient (Wildman–Crippen LogP) is 4.19. The van der Waals surface area contributed by atoms with Crippen LogP contribution in [0.5, 0.6) is 0 Å². The molecule has 1 atom stereocenters. The Hall–Kier alpha value is -2.35. The number of benzene rings is 2. The Balaban J connectivity index is 1.16. The van der Waals surface area contributed by atoms with Crippen LogP contribution in [-0.4, -0.2) is 64.9 Å².